The van der Waals surface area contributed by atoms with Crippen molar-refractivity contribution in [3.63, 3.8) is 0 Å². The predicted molar refractivity (Wildman–Crippen MR) is 110 cm³/mol. The second kappa shape index (κ2) is 8.63. The van der Waals surface area contributed by atoms with Gasteiger partial charge in [0.25, 0.3) is 5.91 Å². The Bertz CT molecular complexity index is 854. The van der Waals surface area contributed by atoms with Crippen molar-refractivity contribution in [3.05, 3.63) is 64.7 Å². The molecule has 0 spiro atoms. The molecule has 1 heterocycles. The van der Waals surface area contributed by atoms with E-state index >= 15 is 0 Å². The number of hydrogen-bond donors (Lipinski definition) is 2. The van der Waals surface area contributed by atoms with Crippen LogP contribution in [0.5, 0.6) is 0 Å². The number of halogens is 1. The summed E-state index contributed by atoms with van der Waals surface area (Å²) in [5.41, 5.74) is 2.30. The fourth-order valence-corrected chi connectivity index (χ4v) is 3.40. The first-order valence-corrected chi connectivity index (χ1v) is 9.51. The van der Waals surface area contributed by atoms with Gasteiger partial charge in [-0.15, -0.1) is 0 Å². The molecule has 7 heteroatoms. The zero-order valence-electron chi connectivity index (χ0n) is 15.9. The number of aliphatic hydroxyl groups excluding tert-OH is 1. The third-order valence-electron chi connectivity index (χ3n) is 4.83. The minimum atomic E-state index is -0.715. The number of anilines is 1. The van der Waals surface area contributed by atoms with Crippen molar-refractivity contribution in [3.8, 4) is 0 Å². The lowest BCUT2D eigenvalue weighted by molar-refractivity contribution is -0.125. The molecule has 1 fully saturated rings. The molecule has 0 aromatic heterocycles. The lowest BCUT2D eigenvalue weighted by Gasteiger charge is -2.24. The number of β-amino-alcohol motifs (C(OH)–C–C–N with tert-alkyl or cyclic N) is 1. The number of hydrogen-bond acceptors (Lipinski definition) is 4. The monoisotopic (exact) mass is 401 g/mol. The van der Waals surface area contributed by atoms with E-state index in [1.807, 2.05) is 43.3 Å². The Morgan fingerprint density at radius 2 is 1.93 bits per heavy atom. The van der Waals surface area contributed by atoms with Gasteiger partial charge in [0, 0.05) is 49.9 Å². The van der Waals surface area contributed by atoms with E-state index in [-0.39, 0.29) is 24.8 Å². The first-order valence-electron chi connectivity index (χ1n) is 9.13. The topological polar surface area (TPSA) is 72.9 Å². The van der Waals surface area contributed by atoms with Gasteiger partial charge in [-0.25, -0.2) is 0 Å². The number of carbonyl (C=O) groups excluding carboxylic acids is 2. The summed E-state index contributed by atoms with van der Waals surface area (Å²) in [4.78, 5) is 29.1. The largest absolute Gasteiger partial charge is 0.391 e. The van der Waals surface area contributed by atoms with Crippen LogP contribution in [0.2, 0.25) is 5.02 Å². The quantitative estimate of drug-likeness (QED) is 0.806. The van der Waals surface area contributed by atoms with Crippen LogP contribution in [-0.2, 0) is 11.3 Å². The molecule has 1 aliphatic rings. The van der Waals surface area contributed by atoms with Crippen LogP contribution in [0.4, 0.5) is 5.69 Å². The second-order valence-electron chi connectivity index (χ2n) is 7.15. The first-order chi connectivity index (χ1) is 13.3. The fraction of sp³-hybridized carbons (Fsp3) is 0.333. The van der Waals surface area contributed by atoms with E-state index in [4.69, 9.17) is 11.6 Å². The molecule has 1 saturated heterocycles. The zero-order chi connectivity index (χ0) is 20.3. The standard InChI is InChI=1S/C21H24ClN3O3/c1-24(2)17-5-3-4-15(10-17)21(28)25-13-18(26)11-19(25)20(27)23-12-14-6-8-16(22)9-7-14/h3-10,18-19,26H,11-13H2,1-2H3,(H,23,27)/t18-,19+/m1/s1. The van der Waals surface area contributed by atoms with Gasteiger partial charge in [-0.2, -0.15) is 0 Å². The van der Waals surface area contributed by atoms with E-state index in [2.05, 4.69) is 5.32 Å². The van der Waals surface area contributed by atoms with E-state index in [1.54, 1.807) is 24.3 Å². The average molecular weight is 402 g/mol. The summed E-state index contributed by atoms with van der Waals surface area (Å²) in [5.74, 6) is -0.532. The van der Waals surface area contributed by atoms with Crippen LogP contribution in [0.25, 0.3) is 0 Å². The summed E-state index contributed by atoms with van der Waals surface area (Å²) in [6.45, 7) is 0.477. The molecule has 0 saturated carbocycles. The Hall–Kier alpha value is -2.57. The van der Waals surface area contributed by atoms with Crippen molar-refractivity contribution >= 4 is 29.1 Å². The van der Waals surface area contributed by atoms with Gasteiger partial charge < -0.3 is 20.2 Å². The summed E-state index contributed by atoms with van der Waals surface area (Å²) in [6.07, 6.45) is -0.488. The summed E-state index contributed by atoms with van der Waals surface area (Å²) >= 11 is 5.87. The Kier molecular flexibility index (Phi) is 6.21. The molecule has 0 radical (unpaired) electrons. The highest BCUT2D eigenvalue weighted by Crippen LogP contribution is 2.23. The van der Waals surface area contributed by atoms with Gasteiger partial charge in [-0.05, 0) is 35.9 Å². The highest BCUT2D eigenvalue weighted by Gasteiger charge is 2.39. The van der Waals surface area contributed by atoms with Crippen LogP contribution in [0.3, 0.4) is 0 Å². The van der Waals surface area contributed by atoms with Crippen LogP contribution in [0.15, 0.2) is 48.5 Å². The lowest BCUT2D eigenvalue weighted by Crippen LogP contribution is -2.45. The SMILES string of the molecule is CN(C)c1cccc(C(=O)N2C[C@H](O)C[C@H]2C(=O)NCc2ccc(Cl)cc2)c1. The van der Waals surface area contributed by atoms with Crippen molar-refractivity contribution in [2.45, 2.75) is 25.1 Å². The maximum Gasteiger partial charge on any atom is 0.254 e. The van der Waals surface area contributed by atoms with Crippen LogP contribution in [0.1, 0.15) is 22.3 Å². The molecule has 0 bridgehead atoms. The Morgan fingerprint density at radius 3 is 2.61 bits per heavy atom. The molecule has 0 unspecified atom stereocenters. The van der Waals surface area contributed by atoms with Crippen LogP contribution < -0.4 is 10.2 Å². The van der Waals surface area contributed by atoms with E-state index in [1.165, 1.54) is 4.90 Å². The van der Waals surface area contributed by atoms with E-state index < -0.39 is 12.1 Å². The van der Waals surface area contributed by atoms with E-state index in [9.17, 15) is 14.7 Å². The lowest BCUT2D eigenvalue weighted by atomic mass is 10.1. The molecule has 1 aliphatic heterocycles. The maximum absolute atomic E-state index is 13.0. The number of nitrogens with zero attached hydrogens (tertiary/aromatic N) is 2. The highest BCUT2D eigenvalue weighted by atomic mass is 35.5. The number of benzene rings is 2. The number of nitrogens with one attached hydrogen (secondary N) is 1. The molecule has 2 atom stereocenters. The van der Waals surface area contributed by atoms with Gasteiger partial charge in [0.1, 0.15) is 6.04 Å². The normalized spacial score (nSPS) is 18.8. The fourth-order valence-electron chi connectivity index (χ4n) is 3.28. The molecule has 0 aliphatic carbocycles. The number of amides is 2. The highest BCUT2D eigenvalue weighted by molar-refractivity contribution is 6.30. The van der Waals surface area contributed by atoms with Crippen molar-refractivity contribution in [2.75, 3.05) is 25.5 Å². The van der Waals surface area contributed by atoms with Crippen molar-refractivity contribution in [1.82, 2.24) is 10.2 Å². The van der Waals surface area contributed by atoms with Crippen molar-refractivity contribution in [2.24, 2.45) is 0 Å². The van der Waals surface area contributed by atoms with E-state index in [0.29, 0.717) is 17.1 Å². The van der Waals surface area contributed by atoms with Gasteiger partial charge in [0.2, 0.25) is 5.91 Å². The Labute approximate surface area is 169 Å². The Balaban J connectivity index is 1.71. The minimum Gasteiger partial charge on any atom is -0.391 e. The molecule has 2 amide bonds. The van der Waals surface area contributed by atoms with Crippen LogP contribution >= 0.6 is 11.6 Å². The van der Waals surface area contributed by atoms with Crippen molar-refractivity contribution in [1.29, 1.82) is 0 Å². The summed E-state index contributed by atoms with van der Waals surface area (Å²) < 4.78 is 0. The molecular formula is C21H24ClN3O3. The Morgan fingerprint density at radius 1 is 1.21 bits per heavy atom. The van der Waals surface area contributed by atoms with E-state index in [0.717, 1.165) is 11.3 Å². The number of aliphatic hydroxyl groups is 1. The van der Waals surface area contributed by atoms with Gasteiger partial charge in [0.05, 0.1) is 6.10 Å². The minimum absolute atomic E-state index is 0.143. The van der Waals surface area contributed by atoms with Crippen LogP contribution in [0, 0.1) is 0 Å². The molecule has 2 aromatic rings. The van der Waals surface area contributed by atoms with Gasteiger partial charge in [0.15, 0.2) is 0 Å². The van der Waals surface area contributed by atoms with Gasteiger partial charge >= 0.3 is 0 Å². The summed E-state index contributed by atoms with van der Waals surface area (Å²) in [7, 11) is 3.80. The number of carbonyl (C=O) groups is 2. The molecule has 2 aromatic carbocycles. The molecule has 6 nitrogen and oxygen atoms in total. The average Bonchev–Trinajstić information content (AvgIpc) is 3.08. The third kappa shape index (κ3) is 4.64. The molecule has 148 valence electrons. The molecule has 3 rings (SSSR count). The molecular weight excluding hydrogens is 378 g/mol. The predicted octanol–water partition coefficient (Wildman–Crippen LogP) is 2.30. The first kappa shape index (κ1) is 20.2. The summed E-state index contributed by atoms with van der Waals surface area (Å²) in [5, 5.41) is 13.6. The van der Waals surface area contributed by atoms with Crippen molar-refractivity contribution < 1.29 is 14.7 Å². The van der Waals surface area contributed by atoms with Gasteiger partial charge in [-0.1, -0.05) is 29.8 Å². The smallest absolute Gasteiger partial charge is 0.254 e. The number of rotatable bonds is 5. The third-order valence-corrected chi connectivity index (χ3v) is 5.08. The molecule has 28 heavy (non-hydrogen) atoms. The zero-order valence-corrected chi connectivity index (χ0v) is 16.7. The summed E-state index contributed by atoms with van der Waals surface area (Å²) in [6, 6.07) is 13.7. The second-order valence-corrected chi connectivity index (χ2v) is 7.59. The maximum atomic E-state index is 13.0. The van der Waals surface area contributed by atoms with Gasteiger partial charge in [-0.3, -0.25) is 9.59 Å². The van der Waals surface area contributed by atoms with Crippen LogP contribution in [-0.4, -0.2) is 54.6 Å². The number of likely N-dealkylation sites (tertiary alicyclic amines) is 1. The molecule has 2 N–H and O–H groups in total.